The second-order valence-corrected chi connectivity index (χ2v) is 4.47. The Morgan fingerprint density at radius 2 is 2.33 bits per heavy atom. The first kappa shape index (κ1) is 10.5. The van der Waals surface area contributed by atoms with Crippen LogP contribution in [0.5, 0.6) is 0 Å². The normalized spacial score (nSPS) is 32.5. The van der Waals surface area contributed by atoms with E-state index in [-0.39, 0.29) is 11.8 Å². The third kappa shape index (κ3) is 2.32. The van der Waals surface area contributed by atoms with Crippen LogP contribution in [0.25, 0.3) is 0 Å². The fraction of sp³-hybridized carbons (Fsp3) is 0.750. The molecule has 2 rings (SSSR count). The second kappa shape index (κ2) is 4.67. The Morgan fingerprint density at radius 1 is 1.47 bits per heavy atom. The Balaban J connectivity index is 1.97. The summed E-state index contributed by atoms with van der Waals surface area (Å²) in [6, 6.07) is 0.373. The highest BCUT2D eigenvalue weighted by Gasteiger charge is 2.33. The first-order valence-electron chi connectivity index (χ1n) is 5.77. The van der Waals surface area contributed by atoms with E-state index >= 15 is 0 Å². The summed E-state index contributed by atoms with van der Waals surface area (Å²) in [7, 11) is 0. The molecule has 0 spiro atoms. The first-order chi connectivity index (χ1) is 7.31. The number of likely N-dealkylation sites (tertiary alicyclic amines) is 1. The maximum absolute atomic E-state index is 11.8. The Labute approximate surface area is 91.2 Å². The van der Waals surface area contributed by atoms with Gasteiger partial charge >= 0.3 is 0 Å². The zero-order chi connectivity index (χ0) is 10.7. The smallest absolute Gasteiger partial charge is 0.224 e. The Morgan fingerprint density at radius 3 is 3.07 bits per heavy atom. The average Bonchev–Trinajstić information content (AvgIpc) is 2.48. The van der Waals surface area contributed by atoms with Gasteiger partial charge in [-0.25, -0.2) is 0 Å². The molecule has 1 amide bonds. The van der Waals surface area contributed by atoms with E-state index in [1.54, 1.807) is 0 Å². The van der Waals surface area contributed by atoms with Crippen LogP contribution in [0.15, 0.2) is 0 Å². The van der Waals surface area contributed by atoms with Crippen molar-refractivity contribution in [1.29, 1.82) is 0 Å². The number of hydrogen-bond donors (Lipinski definition) is 1. The molecule has 1 N–H and O–H groups in total. The maximum atomic E-state index is 11.8. The van der Waals surface area contributed by atoms with E-state index in [1.807, 2.05) is 4.90 Å². The fourth-order valence-corrected chi connectivity index (χ4v) is 2.46. The van der Waals surface area contributed by atoms with Crippen molar-refractivity contribution in [2.45, 2.75) is 31.7 Å². The molecule has 2 fully saturated rings. The van der Waals surface area contributed by atoms with E-state index in [1.165, 1.54) is 12.8 Å². The molecule has 2 aliphatic heterocycles. The van der Waals surface area contributed by atoms with Crippen molar-refractivity contribution in [2.24, 2.45) is 5.92 Å². The molecule has 15 heavy (non-hydrogen) atoms. The number of terminal acetylenes is 1. The van der Waals surface area contributed by atoms with Crippen molar-refractivity contribution in [2.75, 3.05) is 19.6 Å². The summed E-state index contributed by atoms with van der Waals surface area (Å²) in [4.78, 5) is 13.7. The molecule has 0 radical (unpaired) electrons. The van der Waals surface area contributed by atoms with Crippen LogP contribution in [0.3, 0.4) is 0 Å². The highest BCUT2D eigenvalue weighted by molar-refractivity contribution is 5.79. The zero-order valence-corrected chi connectivity index (χ0v) is 9.04. The van der Waals surface area contributed by atoms with Crippen molar-refractivity contribution < 1.29 is 4.79 Å². The first-order valence-corrected chi connectivity index (χ1v) is 5.77. The van der Waals surface area contributed by atoms with Gasteiger partial charge < -0.3 is 10.2 Å². The van der Waals surface area contributed by atoms with Crippen LogP contribution in [0.2, 0.25) is 0 Å². The Hall–Kier alpha value is -1.01. The molecule has 0 aliphatic carbocycles. The van der Waals surface area contributed by atoms with Gasteiger partial charge in [-0.1, -0.05) is 6.42 Å². The number of carbonyl (C=O) groups is 1. The predicted molar refractivity (Wildman–Crippen MR) is 59.2 cm³/mol. The number of amides is 1. The van der Waals surface area contributed by atoms with Gasteiger partial charge in [-0.05, 0) is 19.4 Å². The van der Waals surface area contributed by atoms with Crippen LogP contribution in [0, 0.1) is 18.3 Å². The average molecular weight is 206 g/mol. The minimum Gasteiger partial charge on any atom is -0.337 e. The largest absolute Gasteiger partial charge is 0.337 e. The maximum Gasteiger partial charge on any atom is 0.224 e. The molecule has 0 saturated carbocycles. The lowest BCUT2D eigenvalue weighted by Gasteiger charge is -2.26. The number of nitrogens with one attached hydrogen (secondary N) is 1. The molecule has 2 aliphatic rings. The Bertz CT molecular complexity index is 274. The zero-order valence-electron chi connectivity index (χ0n) is 9.04. The minimum atomic E-state index is 0.140. The molecular formula is C12H18N2O. The molecule has 0 aromatic heterocycles. The molecule has 2 heterocycles. The van der Waals surface area contributed by atoms with Gasteiger partial charge in [0.25, 0.3) is 0 Å². The van der Waals surface area contributed by atoms with Crippen molar-refractivity contribution >= 4 is 5.91 Å². The molecule has 2 unspecified atom stereocenters. The molecule has 0 bridgehead atoms. The fourth-order valence-electron chi connectivity index (χ4n) is 2.46. The van der Waals surface area contributed by atoms with Crippen LogP contribution in [0.1, 0.15) is 25.7 Å². The molecule has 0 aromatic rings. The quantitative estimate of drug-likeness (QED) is 0.638. The third-order valence-electron chi connectivity index (χ3n) is 3.36. The SMILES string of the molecule is C#CC1CC(=O)N(C2CCCCNC2)C1. The highest BCUT2D eigenvalue weighted by atomic mass is 16.2. The second-order valence-electron chi connectivity index (χ2n) is 4.47. The summed E-state index contributed by atoms with van der Waals surface area (Å²) in [6.07, 6.45) is 9.47. The van der Waals surface area contributed by atoms with Crippen molar-refractivity contribution in [3.05, 3.63) is 0 Å². The van der Waals surface area contributed by atoms with Crippen LogP contribution >= 0.6 is 0 Å². The van der Waals surface area contributed by atoms with Crippen LogP contribution in [-0.2, 0) is 4.79 Å². The lowest BCUT2D eigenvalue weighted by Crippen LogP contribution is -2.42. The van der Waals surface area contributed by atoms with Crippen LogP contribution in [0.4, 0.5) is 0 Å². The summed E-state index contributed by atoms with van der Waals surface area (Å²) in [6.45, 7) is 2.78. The van der Waals surface area contributed by atoms with Crippen molar-refractivity contribution in [3.8, 4) is 12.3 Å². The van der Waals surface area contributed by atoms with Gasteiger partial charge in [0, 0.05) is 31.5 Å². The number of hydrogen-bond acceptors (Lipinski definition) is 2. The van der Waals surface area contributed by atoms with Gasteiger partial charge in [-0.2, -0.15) is 0 Å². The van der Waals surface area contributed by atoms with E-state index in [9.17, 15) is 4.79 Å². The highest BCUT2D eigenvalue weighted by Crippen LogP contribution is 2.22. The van der Waals surface area contributed by atoms with E-state index in [0.29, 0.717) is 12.5 Å². The van der Waals surface area contributed by atoms with Gasteiger partial charge in [-0.3, -0.25) is 4.79 Å². The summed E-state index contributed by atoms with van der Waals surface area (Å²) in [5, 5.41) is 3.38. The summed E-state index contributed by atoms with van der Waals surface area (Å²) in [5.41, 5.74) is 0. The van der Waals surface area contributed by atoms with E-state index in [0.717, 1.165) is 26.1 Å². The van der Waals surface area contributed by atoms with E-state index in [4.69, 9.17) is 6.42 Å². The molecule has 2 atom stereocenters. The monoisotopic (exact) mass is 206 g/mol. The lowest BCUT2D eigenvalue weighted by molar-refractivity contribution is -0.129. The molecule has 82 valence electrons. The molecule has 3 heteroatoms. The lowest BCUT2D eigenvalue weighted by atomic mass is 10.1. The van der Waals surface area contributed by atoms with Crippen LogP contribution < -0.4 is 5.32 Å². The van der Waals surface area contributed by atoms with Gasteiger partial charge in [0.05, 0.1) is 0 Å². The number of rotatable bonds is 1. The predicted octanol–water partition coefficient (Wildman–Crippen LogP) is 0.610. The van der Waals surface area contributed by atoms with Crippen molar-refractivity contribution in [1.82, 2.24) is 10.2 Å². The Kier molecular flexibility index (Phi) is 3.27. The molecule has 0 aromatic carbocycles. The van der Waals surface area contributed by atoms with Gasteiger partial charge in [0.2, 0.25) is 5.91 Å². The minimum absolute atomic E-state index is 0.140. The summed E-state index contributed by atoms with van der Waals surface area (Å²) in [5.74, 6) is 3.08. The standard InChI is InChI=1S/C12H18N2O/c1-2-10-7-12(15)14(9-10)11-5-3-4-6-13-8-11/h1,10-11,13H,3-9H2. The van der Waals surface area contributed by atoms with Gasteiger partial charge in [-0.15, -0.1) is 12.3 Å². The van der Waals surface area contributed by atoms with E-state index < -0.39 is 0 Å². The van der Waals surface area contributed by atoms with Crippen molar-refractivity contribution in [3.63, 3.8) is 0 Å². The molecular weight excluding hydrogens is 188 g/mol. The van der Waals surface area contributed by atoms with Crippen LogP contribution in [-0.4, -0.2) is 36.5 Å². The topological polar surface area (TPSA) is 32.3 Å². The summed E-state index contributed by atoms with van der Waals surface area (Å²) >= 11 is 0. The molecule has 3 nitrogen and oxygen atoms in total. The number of carbonyl (C=O) groups excluding carboxylic acids is 1. The third-order valence-corrected chi connectivity index (χ3v) is 3.36. The molecule has 2 saturated heterocycles. The van der Waals surface area contributed by atoms with Gasteiger partial charge in [0.1, 0.15) is 0 Å². The van der Waals surface area contributed by atoms with E-state index in [2.05, 4.69) is 11.2 Å². The van der Waals surface area contributed by atoms with Gasteiger partial charge in [0.15, 0.2) is 0 Å². The summed E-state index contributed by atoms with van der Waals surface area (Å²) < 4.78 is 0. The number of nitrogens with zero attached hydrogens (tertiary/aromatic N) is 1.